The minimum atomic E-state index is -0.517. The first kappa shape index (κ1) is 19.5. The van der Waals surface area contributed by atoms with Gasteiger partial charge in [-0.2, -0.15) is 0 Å². The van der Waals surface area contributed by atoms with Crippen LogP contribution in [-0.4, -0.2) is 35.6 Å². The standard InChI is InChI=1S/C17H19ClN4O4/c1-11-2-3-12(18)8-15(11)21-17(24)10-20-16-9-13(22(25)26)4-5-14(16)19-6-7-23/h2-5,8-9,19-20,23H,6-7,10H2,1H3,(H,21,24). The van der Waals surface area contributed by atoms with E-state index in [1.807, 2.05) is 6.92 Å². The zero-order chi connectivity index (χ0) is 19.1. The van der Waals surface area contributed by atoms with Gasteiger partial charge < -0.3 is 21.1 Å². The van der Waals surface area contributed by atoms with Gasteiger partial charge in [-0.3, -0.25) is 14.9 Å². The first-order chi connectivity index (χ1) is 12.4. The number of aryl methyl sites for hydroxylation is 1. The van der Waals surface area contributed by atoms with Gasteiger partial charge in [-0.15, -0.1) is 0 Å². The van der Waals surface area contributed by atoms with Crippen LogP contribution in [-0.2, 0) is 4.79 Å². The largest absolute Gasteiger partial charge is 0.395 e. The van der Waals surface area contributed by atoms with E-state index in [4.69, 9.17) is 16.7 Å². The third-order valence-electron chi connectivity index (χ3n) is 3.55. The van der Waals surface area contributed by atoms with Crippen molar-refractivity contribution >= 4 is 40.3 Å². The molecule has 138 valence electrons. The molecule has 0 unspecified atom stereocenters. The highest BCUT2D eigenvalue weighted by molar-refractivity contribution is 6.31. The second-order valence-corrected chi connectivity index (χ2v) is 5.93. The summed E-state index contributed by atoms with van der Waals surface area (Å²) in [5, 5.41) is 28.9. The molecule has 0 atom stereocenters. The summed E-state index contributed by atoms with van der Waals surface area (Å²) in [6.07, 6.45) is 0. The molecule has 26 heavy (non-hydrogen) atoms. The molecule has 0 spiro atoms. The summed E-state index contributed by atoms with van der Waals surface area (Å²) in [5.74, 6) is -0.324. The van der Waals surface area contributed by atoms with Gasteiger partial charge in [-0.05, 0) is 30.7 Å². The van der Waals surface area contributed by atoms with Crippen LogP contribution in [0.4, 0.5) is 22.7 Å². The van der Waals surface area contributed by atoms with E-state index in [2.05, 4.69) is 16.0 Å². The molecule has 0 aromatic heterocycles. The van der Waals surface area contributed by atoms with Crippen LogP contribution in [0.1, 0.15) is 5.56 Å². The van der Waals surface area contributed by atoms with E-state index >= 15 is 0 Å². The monoisotopic (exact) mass is 378 g/mol. The number of rotatable bonds is 8. The number of hydrogen-bond donors (Lipinski definition) is 4. The number of amides is 1. The van der Waals surface area contributed by atoms with E-state index in [0.29, 0.717) is 22.1 Å². The lowest BCUT2D eigenvalue weighted by Crippen LogP contribution is -2.22. The van der Waals surface area contributed by atoms with Gasteiger partial charge in [0.2, 0.25) is 5.91 Å². The molecule has 0 bridgehead atoms. The summed E-state index contributed by atoms with van der Waals surface area (Å²) in [4.78, 5) is 22.6. The summed E-state index contributed by atoms with van der Waals surface area (Å²) in [6.45, 7) is 1.93. The van der Waals surface area contributed by atoms with Crippen molar-refractivity contribution in [3.05, 3.63) is 57.1 Å². The summed E-state index contributed by atoms with van der Waals surface area (Å²) in [5.41, 5.74) is 2.31. The fourth-order valence-corrected chi connectivity index (χ4v) is 2.41. The minimum absolute atomic E-state index is 0.0923. The Hall–Kier alpha value is -2.84. The van der Waals surface area contributed by atoms with Crippen molar-refractivity contribution in [3.63, 3.8) is 0 Å². The number of nitrogens with one attached hydrogen (secondary N) is 3. The molecular weight excluding hydrogens is 360 g/mol. The Morgan fingerprint density at radius 2 is 1.92 bits per heavy atom. The zero-order valence-corrected chi connectivity index (χ0v) is 14.8. The molecule has 0 aliphatic heterocycles. The highest BCUT2D eigenvalue weighted by Gasteiger charge is 2.12. The topological polar surface area (TPSA) is 117 Å². The first-order valence-electron chi connectivity index (χ1n) is 7.83. The van der Waals surface area contributed by atoms with Crippen molar-refractivity contribution in [2.24, 2.45) is 0 Å². The van der Waals surface area contributed by atoms with Crippen LogP contribution in [0.15, 0.2) is 36.4 Å². The number of aliphatic hydroxyl groups excluding tert-OH is 1. The third kappa shape index (κ3) is 5.33. The van der Waals surface area contributed by atoms with Crippen LogP contribution in [0, 0.1) is 17.0 Å². The maximum Gasteiger partial charge on any atom is 0.271 e. The molecule has 0 saturated carbocycles. The number of aliphatic hydroxyl groups is 1. The molecule has 0 radical (unpaired) electrons. The number of halogens is 1. The number of non-ortho nitro benzene ring substituents is 1. The van der Waals surface area contributed by atoms with Crippen LogP contribution < -0.4 is 16.0 Å². The maximum atomic E-state index is 12.2. The summed E-state index contributed by atoms with van der Waals surface area (Å²) in [6, 6.07) is 9.37. The molecule has 4 N–H and O–H groups in total. The number of nitrogens with zero attached hydrogens (tertiary/aromatic N) is 1. The van der Waals surface area contributed by atoms with Gasteiger partial charge in [0, 0.05) is 29.4 Å². The van der Waals surface area contributed by atoms with Crippen LogP contribution in [0.2, 0.25) is 5.02 Å². The summed E-state index contributed by atoms with van der Waals surface area (Å²) >= 11 is 5.93. The van der Waals surface area contributed by atoms with E-state index in [0.717, 1.165) is 5.56 Å². The SMILES string of the molecule is Cc1ccc(Cl)cc1NC(=O)CNc1cc([N+](=O)[O-])ccc1NCCO. The van der Waals surface area contributed by atoms with Crippen LogP contribution in [0.3, 0.4) is 0 Å². The molecule has 0 aliphatic rings. The van der Waals surface area contributed by atoms with Crippen LogP contribution >= 0.6 is 11.6 Å². The zero-order valence-electron chi connectivity index (χ0n) is 14.1. The summed E-state index contributed by atoms with van der Waals surface area (Å²) < 4.78 is 0. The van der Waals surface area contributed by atoms with Crippen molar-refractivity contribution in [3.8, 4) is 0 Å². The number of nitro benzene ring substituents is 1. The highest BCUT2D eigenvalue weighted by Crippen LogP contribution is 2.27. The van der Waals surface area contributed by atoms with Crippen LogP contribution in [0.5, 0.6) is 0 Å². The Morgan fingerprint density at radius 1 is 1.15 bits per heavy atom. The molecule has 2 rings (SSSR count). The predicted molar refractivity (Wildman–Crippen MR) is 102 cm³/mol. The molecule has 0 heterocycles. The number of carbonyl (C=O) groups is 1. The molecule has 0 fully saturated rings. The van der Waals surface area contributed by atoms with Gasteiger partial charge in [0.05, 0.1) is 29.4 Å². The predicted octanol–water partition coefficient (Wildman–Crippen LogP) is 3.01. The molecule has 0 saturated heterocycles. The smallest absolute Gasteiger partial charge is 0.271 e. The number of hydrogen-bond acceptors (Lipinski definition) is 6. The Morgan fingerprint density at radius 3 is 2.62 bits per heavy atom. The molecule has 2 aromatic rings. The average Bonchev–Trinajstić information content (AvgIpc) is 2.61. The Labute approximate surface area is 155 Å². The average molecular weight is 379 g/mol. The first-order valence-corrected chi connectivity index (χ1v) is 8.21. The lowest BCUT2D eigenvalue weighted by molar-refractivity contribution is -0.384. The Balaban J connectivity index is 2.08. The van der Waals surface area contributed by atoms with Crippen molar-refractivity contribution < 1.29 is 14.8 Å². The van der Waals surface area contributed by atoms with Gasteiger partial charge in [0.1, 0.15) is 0 Å². The van der Waals surface area contributed by atoms with Crippen molar-refractivity contribution in [1.29, 1.82) is 0 Å². The van der Waals surface area contributed by atoms with Crippen molar-refractivity contribution in [2.75, 3.05) is 35.6 Å². The normalized spacial score (nSPS) is 10.3. The molecule has 0 aliphatic carbocycles. The summed E-state index contributed by atoms with van der Waals surface area (Å²) in [7, 11) is 0. The van der Waals surface area contributed by atoms with Gasteiger partial charge in [-0.1, -0.05) is 17.7 Å². The lowest BCUT2D eigenvalue weighted by Gasteiger charge is -2.14. The fraction of sp³-hybridized carbons (Fsp3) is 0.235. The highest BCUT2D eigenvalue weighted by atomic mass is 35.5. The number of carbonyl (C=O) groups excluding carboxylic acids is 1. The van der Waals surface area contributed by atoms with E-state index < -0.39 is 4.92 Å². The molecular formula is C17H19ClN4O4. The van der Waals surface area contributed by atoms with Gasteiger partial charge in [0.25, 0.3) is 5.69 Å². The lowest BCUT2D eigenvalue weighted by atomic mass is 10.2. The number of benzene rings is 2. The Bertz CT molecular complexity index is 813. The Kier molecular flexibility index (Phi) is 6.76. The van der Waals surface area contributed by atoms with Gasteiger partial charge in [-0.25, -0.2) is 0 Å². The molecule has 8 nitrogen and oxygen atoms in total. The molecule has 9 heteroatoms. The van der Waals surface area contributed by atoms with Gasteiger partial charge in [0.15, 0.2) is 0 Å². The number of nitro groups is 1. The second kappa shape index (κ2) is 9.02. The van der Waals surface area contributed by atoms with E-state index in [1.165, 1.54) is 18.2 Å². The quantitative estimate of drug-likeness (QED) is 0.414. The second-order valence-electron chi connectivity index (χ2n) is 5.50. The van der Waals surface area contributed by atoms with Crippen molar-refractivity contribution in [1.82, 2.24) is 0 Å². The third-order valence-corrected chi connectivity index (χ3v) is 3.79. The van der Waals surface area contributed by atoms with E-state index in [9.17, 15) is 14.9 Å². The van der Waals surface area contributed by atoms with Crippen LogP contribution in [0.25, 0.3) is 0 Å². The van der Waals surface area contributed by atoms with Crippen molar-refractivity contribution in [2.45, 2.75) is 6.92 Å². The van der Waals surface area contributed by atoms with E-state index in [1.54, 1.807) is 18.2 Å². The van der Waals surface area contributed by atoms with Gasteiger partial charge >= 0.3 is 0 Å². The van der Waals surface area contributed by atoms with E-state index in [-0.39, 0.29) is 31.3 Å². The molecule has 2 aromatic carbocycles. The number of anilines is 3. The maximum absolute atomic E-state index is 12.2. The minimum Gasteiger partial charge on any atom is -0.395 e. The fourth-order valence-electron chi connectivity index (χ4n) is 2.24. The molecule has 1 amide bonds.